The van der Waals surface area contributed by atoms with Crippen molar-refractivity contribution in [3.05, 3.63) is 138 Å². The first-order valence-electron chi connectivity index (χ1n) is 10.7. The second-order valence-electron chi connectivity index (χ2n) is 7.50. The lowest BCUT2D eigenvalue weighted by atomic mass is 10.2. The van der Waals surface area contributed by atoms with E-state index < -0.39 is 13.0 Å². The van der Waals surface area contributed by atoms with Crippen LogP contribution in [0.15, 0.2) is 133 Å². The van der Waals surface area contributed by atoms with Crippen LogP contribution in [0.5, 0.6) is 0 Å². The Labute approximate surface area is 194 Å². The largest absolute Gasteiger partial charge is 0.386 e. The van der Waals surface area contributed by atoms with Gasteiger partial charge in [0.25, 0.3) is 5.91 Å². The normalized spacial score (nSPS) is 11.6. The number of carbonyl (C=O) groups is 1. The Bertz CT molecular complexity index is 1220. The molecule has 0 saturated heterocycles. The Hall–Kier alpha value is -3.88. The molecule has 0 aliphatic rings. The van der Waals surface area contributed by atoms with Crippen molar-refractivity contribution in [2.24, 2.45) is 0 Å². The molecule has 4 nitrogen and oxygen atoms in total. The van der Waals surface area contributed by atoms with Crippen molar-refractivity contribution in [1.29, 1.82) is 0 Å². The Kier molecular flexibility index (Phi) is 7.19. The summed E-state index contributed by atoms with van der Waals surface area (Å²) in [5.41, 5.74) is 1.70. The molecule has 4 aromatic rings. The topological polar surface area (TPSA) is 58.2 Å². The number of hydrogen-bond acceptors (Lipinski definition) is 3. The highest BCUT2D eigenvalue weighted by atomic mass is 31.2. The number of anilines is 1. The van der Waals surface area contributed by atoms with Gasteiger partial charge in [-0.15, -0.1) is 0 Å². The zero-order chi connectivity index (χ0) is 22.9. The van der Waals surface area contributed by atoms with Gasteiger partial charge in [-0.2, -0.15) is 0 Å². The molecule has 0 unspecified atom stereocenters. The average Bonchev–Trinajstić information content (AvgIpc) is 2.88. The molecule has 2 N–H and O–H groups in total. The van der Waals surface area contributed by atoms with Gasteiger partial charge in [0.1, 0.15) is 5.31 Å². The fourth-order valence-electron chi connectivity index (χ4n) is 3.58. The van der Waals surface area contributed by atoms with Crippen molar-refractivity contribution in [3.8, 4) is 0 Å². The van der Waals surface area contributed by atoms with Crippen LogP contribution in [0, 0.1) is 0 Å². The standard InChI is InChI=1S/C28H25N2O2P/c31-28(30-24-15-7-2-8-16-24)27(22-29-21-23-13-5-1-6-14-23)33(32,25-17-9-3-10-18-25)26-19-11-4-12-20-26/h1-20,22,29H,21H2,(H,30,31)/b27-22+. The molecule has 0 fully saturated rings. The summed E-state index contributed by atoms with van der Waals surface area (Å²) in [5.74, 6) is -0.405. The Morgan fingerprint density at radius 1 is 0.667 bits per heavy atom. The fourth-order valence-corrected chi connectivity index (χ4v) is 6.23. The first-order chi connectivity index (χ1) is 16.2. The van der Waals surface area contributed by atoms with Crippen LogP contribution in [0.1, 0.15) is 5.56 Å². The summed E-state index contributed by atoms with van der Waals surface area (Å²) in [4.78, 5) is 13.6. The minimum absolute atomic E-state index is 0.194. The quantitative estimate of drug-likeness (QED) is 0.283. The zero-order valence-corrected chi connectivity index (χ0v) is 19.0. The molecule has 164 valence electrons. The van der Waals surface area contributed by atoms with Gasteiger partial charge < -0.3 is 15.2 Å². The highest BCUT2D eigenvalue weighted by Gasteiger charge is 2.36. The predicted molar refractivity (Wildman–Crippen MR) is 136 cm³/mol. The third-order valence-electron chi connectivity index (χ3n) is 5.23. The SMILES string of the molecule is O=C(Nc1ccccc1)/C(=C\NCc1ccccc1)P(=O)(c1ccccc1)c1ccccc1. The summed E-state index contributed by atoms with van der Waals surface area (Å²) in [6.45, 7) is 0.506. The maximum atomic E-state index is 14.8. The van der Waals surface area contributed by atoms with E-state index in [4.69, 9.17) is 0 Å². The number of para-hydroxylation sites is 1. The first kappa shape index (κ1) is 22.3. The van der Waals surface area contributed by atoms with E-state index >= 15 is 0 Å². The van der Waals surface area contributed by atoms with Crippen LogP contribution in [0.4, 0.5) is 5.69 Å². The van der Waals surface area contributed by atoms with Gasteiger partial charge in [0, 0.05) is 29.0 Å². The molecule has 5 heteroatoms. The van der Waals surface area contributed by atoms with Crippen molar-refractivity contribution in [2.75, 3.05) is 5.32 Å². The minimum Gasteiger partial charge on any atom is -0.386 e. The van der Waals surface area contributed by atoms with Crippen LogP contribution in [0.25, 0.3) is 0 Å². The molecule has 0 aliphatic carbocycles. The Morgan fingerprint density at radius 2 is 1.12 bits per heavy atom. The van der Waals surface area contributed by atoms with Gasteiger partial charge in [-0.05, 0) is 17.7 Å². The number of benzene rings is 4. The maximum Gasteiger partial charge on any atom is 0.261 e. The summed E-state index contributed by atoms with van der Waals surface area (Å²) in [6.07, 6.45) is 1.60. The van der Waals surface area contributed by atoms with Gasteiger partial charge in [0.15, 0.2) is 7.14 Å². The molecule has 1 amide bonds. The molecule has 0 atom stereocenters. The number of nitrogens with one attached hydrogen (secondary N) is 2. The van der Waals surface area contributed by atoms with Gasteiger partial charge in [-0.3, -0.25) is 4.79 Å². The second-order valence-corrected chi connectivity index (χ2v) is 10.2. The highest BCUT2D eigenvalue weighted by molar-refractivity contribution is 7.83. The molecule has 0 aliphatic heterocycles. The summed E-state index contributed by atoms with van der Waals surface area (Å²) >= 11 is 0. The Balaban J connectivity index is 1.78. The van der Waals surface area contributed by atoms with Crippen LogP contribution in [0.3, 0.4) is 0 Å². The molecule has 0 saturated carbocycles. The number of hydrogen-bond donors (Lipinski definition) is 2. The van der Waals surface area contributed by atoms with Gasteiger partial charge in [-0.25, -0.2) is 0 Å². The van der Waals surface area contributed by atoms with E-state index in [-0.39, 0.29) is 5.31 Å². The van der Waals surface area contributed by atoms with E-state index in [9.17, 15) is 9.36 Å². The summed E-state index contributed by atoms with van der Waals surface area (Å²) < 4.78 is 14.8. The first-order valence-corrected chi connectivity index (χ1v) is 12.4. The van der Waals surface area contributed by atoms with Gasteiger partial charge in [0.2, 0.25) is 0 Å². The summed E-state index contributed by atoms with van der Waals surface area (Å²) in [5, 5.41) is 7.54. The molecule has 0 radical (unpaired) electrons. The number of rotatable bonds is 8. The van der Waals surface area contributed by atoms with Crippen LogP contribution in [-0.4, -0.2) is 5.91 Å². The van der Waals surface area contributed by atoms with E-state index in [1.54, 1.807) is 6.20 Å². The van der Waals surface area contributed by atoms with Crippen molar-refractivity contribution in [1.82, 2.24) is 5.32 Å². The molecule has 4 rings (SSSR count). The molecular formula is C28H25N2O2P. The second kappa shape index (κ2) is 10.6. The monoisotopic (exact) mass is 452 g/mol. The third kappa shape index (κ3) is 5.31. The average molecular weight is 452 g/mol. The smallest absolute Gasteiger partial charge is 0.261 e. The van der Waals surface area contributed by atoms with Gasteiger partial charge in [0.05, 0.1) is 0 Å². The van der Waals surface area contributed by atoms with Gasteiger partial charge >= 0.3 is 0 Å². The van der Waals surface area contributed by atoms with Crippen molar-refractivity contribution in [3.63, 3.8) is 0 Å². The van der Waals surface area contributed by atoms with Crippen molar-refractivity contribution in [2.45, 2.75) is 6.54 Å². The van der Waals surface area contributed by atoms with Crippen molar-refractivity contribution >= 4 is 29.3 Å². The number of amides is 1. The Morgan fingerprint density at radius 3 is 1.64 bits per heavy atom. The fraction of sp³-hybridized carbons (Fsp3) is 0.0357. The molecule has 0 heterocycles. The lowest BCUT2D eigenvalue weighted by Crippen LogP contribution is -2.26. The van der Waals surface area contributed by atoms with Crippen molar-refractivity contribution < 1.29 is 9.36 Å². The molecule has 0 spiro atoms. The molecule has 4 aromatic carbocycles. The predicted octanol–water partition coefficient (Wildman–Crippen LogP) is 5.27. The lowest BCUT2D eigenvalue weighted by molar-refractivity contribution is -0.112. The summed E-state index contributed by atoms with van der Waals surface area (Å²) in [6, 6.07) is 37.4. The van der Waals surface area contributed by atoms with Crippen LogP contribution in [-0.2, 0) is 15.9 Å². The molecule has 0 bridgehead atoms. The minimum atomic E-state index is -3.46. The van der Waals surface area contributed by atoms with Crippen LogP contribution in [0.2, 0.25) is 0 Å². The third-order valence-corrected chi connectivity index (χ3v) is 8.29. The number of carbonyl (C=O) groups excluding carboxylic acids is 1. The van der Waals surface area contributed by atoms with Crippen LogP contribution < -0.4 is 21.2 Å². The summed E-state index contributed by atoms with van der Waals surface area (Å²) in [7, 11) is -3.46. The molecule has 33 heavy (non-hydrogen) atoms. The van der Waals surface area contributed by atoms with E-state index in [0.717, 1.165) is 5.56 Å². The van der Waals surface area contributed by atoms with Crippen LogP contribution >= 0.6 is 7.14 Å². The molecule has 0 aromatic heterocycles. The lowest BCUT2D eigenvalue weighted by Gasteiger charge is -2.22. The van der Waals surface area contributed by atoms with E-state index in [2.05, 4.69) is 10.6 Å². The van der Waals surface area contributed by atoms with E-state index in [0.29, 0.717) is 22.8 Å². The van der Waals surface area contributed by atoms with Gasteiger partial charge in [-0.1, -0.05) is 109 Å². The van der Waals surface area contributed by atoms with E-state index in [1.807, 2.05) is 121 Å². The highest BCUT2D eigenvalue weighted by Crippen LogP contribution is 2.51. The van der Waals surface area contributed by atoms with E-state index in [1.165, 1.54) is 0 Å². The maximum absolute atomic E-state index is 14.8. The molecular weight excluding hydrogens is 427 g/mol. The zero-order valence-electron chi connectivity index (χ0n) is 18.1.